The molecule has 25 heavy (non-hydrogen) atoms. The molecule has 0 radical (unpaired) electrons. The van der Waals surface area contributed by atoms with E-state index in [0.717, 1.165) is 30.1 Å². The number of unbranched alkanes of at least 4 members (excludes halogenated alkanes) is 1. The molecule has 0 spiro atoms. The molecule has 2 saturated carbocycles. The summed E-state index contributed by atoms with van der Waals surface area (Å²) in [4.78, 5) is 0. The average Bonchev–Trinajstić information content (AvgIpc) is 2.67. The highest BCUT2D eigenvalue weighted by Gasteiger charge is 2.30. The number of nitrogens with zero attached hydrogens (tertiary/aromatic N) is 1. The lowest BCUT2D eigenvalue weighted by Crippen LogP contribution is -2.25. The molecule has 0 saturated heterocycles. The highest BCUT2D eigenvalue weighted by molar-refractivity contribution is 5.18. The van der Waals surface area contributed by atoms with Crippen molar-refractivity contribution in [1.29, 1.82) is 5.26 Å². The fourth-order valence-electron chi connectivity index (χ4n) is 5.01. The highest BCUT2D eigenvalue weighted by Crippen LogP contribution is 2.43. The SMILES string of the molecule is CCCCC1CCC(C2CCC(CC/C=C/C=C(\F)C#N)CC2)CC1. The molecular formula is C23H36FN. The second-order valence-corrected chi connectivity index (χ2v) is 8.34. The molecule has 0 aromatic carbocycles. The van der Waals surface area contributed by atoms with Crippen molar-refractivity contribution in [3.63, 3.8) is 0 Å². The number of halogens is 1. The summed E-state index contributed by atoms with van der Waals surface area (Å²) in [5, 5.41) is 8.35. The minimum absolute atomic E-state index is 0.707. The molecule has 2 heteroatoms. The van der Waals surface area contributed by atoms with Crippen LogP contribution >= 0.6 is 0 Å². The minimum Gasteiger partial charge on any atom is -0.195 e. The normalized spacial score (nSPS) is 31.2. The Labute approximate surface area is 154 Å². The van der Waals surface area contributed by atoms with Gasteiger partial charge in [-0.15, -0.1) is 0 Å². The molecule has 0 atom stereocenters. The molecule has 0 unspecified atom stereocenters. The molecule has 2 aliphatic rings. The van der Waals surface area contributed by atoms with Crippen LogP contribution in [-0.2, 0) is 0 Å². The Hall–Kier alpha value is -1.10. The smallest absolute Gasteiger partial charge is 0.195 e. The van der Waals surface area contributed by atoms with E-state index in [1.807, 2.05) is 6.08 Å². The van der Waals surface area contributed by atoms with Crippen LogP contribution in [0.15, 0.2) is 24.1 Å². The van der Waals surface area contributed by atoms with Crippen LogP contribution in [0.3, 0.4) is 0 Å². The summed E-state index contributed by atoms with van der Waals surface area (Å²) in [6, 6.07) is 1.50. The van der Waals surface area contributed by atoms with Crippen LogP contribution in [0.1, 0.15) is 90.4 Å². The maximum atomic E-state index is 12.7. The van der Waals surface area contributed by atoms with Crippen molar-refractivity contribution in [2.24, 2.45) is 23.7 Å². The van der Waals surface area contributed by atoms with Gasteiger partial charge in [0.1, 0.15) is 6.07 Å². The molecule has 0 aromatic rings. The predicted molar refractivity (Wildman–Crippen MR) is 104 cm³/mol. The van der Waals surface area contributed by atoms with E-state index in [1.54, 1.807) is 6.08 Å². The predicted octanol–water partition coefficient (Wildman–Crippen LogP) is 7.50. The van der Waals surface area contributed by atoms with Gasteiger partial charge in [0.2, 0.25) is 0 Å². The Morgan fingerprint density at radius 3 is 2.04 bits per heavy atom. The van der Waals surface area contributed by atoms with Gasteiger partial charge in [0.15, 0.2) is 5.83 Å². The number of allylic oxidation sites excluding steroid dienone is 4. The Balaban J connectivity index is 1.60. The fourth-order valence-corrected chi connectivity index (χ4v) is 5.01. The zero-order valence-corrected chi connectivity index (χ0v) is 16.1. The van der Waals surface area contributed by atoms with Gasteiger partial charge in [0, 0.05) is 0 Å². The van der Waals surface area contributed by atoms with Gasteiger partial charge in [0.25, 0.3) is 0 Å². The maximum absolute atomic E-state index is 12.7. The lowest BCUT2D eigenvalue weighted by Gasteiger charge is -2.38. The Morgan fingerprint density at radius 1 is 0.960 bits per heavy atom. The van der Waals surface area contributed by atoms with Crippen LogP contribution in [0.5, 0.6) is 0 Å². The molecule has 0 amide bonds. The number of nitriles is 1. The molecule has 1 nitrogen and oxygen atoms in total. The van der Waals surface area contributed by atoms with E-state index in [-0.39, 0.29) is 0 Å². The fraction of sp³-hybridized carbons (Fsp3) is 0.783. The van der Waals surface area contributed by atoms with Crippen LogP contribution in [0.25, 0.3) is 0 Å². The lowest BCUT2D eigenvalue weighted by atomic mass is 9.68. The van der Waals surface area contributed by atoms with Gasteiger partial charge in [-0.1, -0.05) is 64.0 Å². The van der Waals surface area contributed by atoms with Gasteiger partial charge in [0.05, 0.1) is 0 Å². The lowest BCUT2D eigenvalue weighted by molar-refractivity contribution is 0.141. The molecule has 2 fully saturated rings. The van der Waals surface area contributed by atoms with Crippen molar-refractivity contribution in [2.45, 2.75) is 90.4 Å². The van der Waals surface area contributed by atoms with E-state index in [2.05, 4.69) is 6.92 Å². The van der Waals surface area contributed by atoms with Gasteiger partial charge in [-0.3, -0.25) is 0 Å². The molecule has 0 heterocycles. The van der Waals surface area contributed by atoms with E-state index >= 15 is 0 Å². The zero-order valence-electron chi connectivity index (χ0n) is 16.1. The first-order valence-electron chi connectivity index (χ1n) is 10.6. The monoisotopic (exact) mass is 345 g/mol. The van der Waals surface area contributed by atoms with E-state index in [0.29, 0.717) is 0 Å². The molecule has 140 valence electrons. The summed E-state index contributed by atoms with van der Waals surface area (Å²) in [7, 11) is 0. The third-order valence-corrected chi connectivity index (χ3v) is 6.64. The van der Waals surface area contributed by atoms with Crippen molar-refractivity contribution in [3.8, 4) is 6.07 Å². The van der Waals surface area contributed by atoms with Gasteiger partial charge in [-0.25, -0.2) is 0 Å². The first-order valence-corrected chi connectivity index (χ1v) is 10.6. The van der Waals surface area contributed by atoms with E-state index < -0.39 is 5.83 Å². The summed E-state index contributed by atoms with van der Waals surface area (Å²) < 4.78 is 12.7. The van der Waals surface area contributed by atoms with Crippen LogP contribution in [0.4, 0.5) is 4.39 Å². The van der Waals surface area contributed by atoms with Gasteiger partial charge < -0.3 is 0 Å². The van der Waals surface area contributed by atoms with Crippen LogP contribution < -0.4 is 0 Å². The molecular weight excluding hydrogens is 309 g/mol. The van der Waals surface area contributed by atoms with Crippen molar-refractivity contribution in [2.75, 3.05) is 0 Å². The summed E-state index contributed by atoms with van der Waals surface area (Å²) in [6.45, 7) is 2.31. The summed E-state index contributed by atoms with van der Waals surface area (Å²) >= 11 is 0. The molecule has 0 aromatic heterocycles. The number of hydrogen-bond acceptors (Lipinski definition) is 1. The molecule has 0 N–H and O–H groups in total. The van der Waals surface area contributed by atoms with E-state index in [9.17, 15) is 4.39 Å². The maximum Gasteiger partial charge on any atom is 0.199 e. The standard InChI is InChI=1S/C23H36FN/c1-2-3-7-19-10-14-21(15-11-19)22-16-12-20(13-17-22)8-5-4-6-9-23(24)18-25/h4,6,9,19-22H,2-3,5,7-8,10-17H2,1H3/b6-4+,23-9-. The second kappa shape index (κ2) is 11.5. The molecule has 2 rings (SSSR count). The number of hydrogen-bond donors (Lipinski definition) is 0. The first kappa shape index (κ1) is 20.2. The van der Waals surface area contributed by atoms with Crippen molar-refractivity contribution < 1.29 is 4.39 Å². The van der Waals surface area contributed by atoms with Crippen LogP contribution in [0, 0.1) is 35.0 Å². The third kappa shape index (κ3) is 7.35. The Bertz CT molecular complexity index is 457. The van der Waals surface area contributed by atoms with Crippen molar-refractivity contribution in [3.05, 3.63) is 24.1 Å². The van der Waals surface area contributed by atoms with E-state index in [1.165, 1.54) is 89.2 Å². The van der Waals surface area contributed by atoms with Gasteiger partial charge >= 0.3 is 0 Å². The van der Waals surface area contributed by atoms with Crippen LogP contribution in [-0.4, -0.2) is 0 Å². The van der Waals surface area contributed by atoms with Gasteiger partial charge in [-0.2, -0.15) is 9.65 Å². The zero-order chi connectivity index (χ0) is 17.9. The first-order chi connectivity index (χ1) is 12.2. The number of rotatable bonds is 8. The largest absolute Gasteiger partial charge is 0.199 e. The quantitative estimate of drug-likeness (QED) is 0.330. The van der Waals surface area contributed by atoms with E-state index in [4.69, 9.17) is 5.26 Å². The summed E-state index contributed by atoms with van der Waals surface area (Å²) in [6.07, 6.45) is 23.0. The van der Waals surface area contributed by atoms with Crippen LogP contribution in [0.2, 0.25) is 0 Å². The van der Waals surface area contributed by atoms with Crippen molar-refractivity contribution in [1.82, 2.24) is 0 Å². The highest BCUT2D eigenvalue weighted by atomic mass is 19.1. The minimum atomic E-state index is -0.707. The molecule has 2 aliphatic carbocycles. The topological polar surface area (TPSA) is 23.8 Å². The summed E-state index contributed by atoms with van der Waals surface area (Å²) in [5.74, 6) is 3.18. The van der Waals surface area contributed by atoms with Crippen molar-refractivity contribution >= 4 is 0 Å². The average molecular weight is 346 g/mol. The second-order valence-electron chi connectivity index (χ2n) is 8.34. The Morgan fingerprint density at radius 2 is 1.52 bits per heavy atom. The molecule has 0 aliphatic heterocycles. The molecule has 0 bridgehead atoms. The summed E-state index contributed by atoms with van der Waals surface area (Å²) in [5.41, 5.74) is 0. The third-order valence-electron chi connectivity index (χ3n) is 6.64. The Kier molecular flexibility index (Phi) is 9.30. The van der Waals surface area contributed by atoms with Gasteiger partial charge in [-0.05, 0) is 68.3 Å².